The summed E-state index contributed by atoms with van der Waals surface area (Å²) in [6.45, 7) is 10.1. The molecule has 27 heavy (non-hydrogen) atoms. The van der Waals surface area contributed by atoms with Crippen LogP contribution < -0.4 is 0 Å². The molecule has 4 rings (SSSR count). The lowest BCUT2D eigenvalue weighted by Gasteiger charge is -2.55. The number of rotatable bonds is 3. The second-order valence-corrected chi connectivity index (χ2v) is 8.31. The number of aromatic nitrogens is 1. The number of pyridine rings is 1. The van der Waals surface area contributed by atoms with Gasteiger partial charge in [0.15, 0.2) is 0 Å². The highest BCUT2D eigenvalue weighted by atomic mass is 16.2. The van der Waals surface area contributed by atoms with Gasteiger partial charge in [0, 0.05) is 68.8 Å². The van der Waals surface area contributed by atoms with E-state index in [1.54, 1.807) is 0 Å². The lowest BCUT2D eigenvalue weighted by atomic mass is 9.92. The molecule has 1 aromatic carbocycles. The van der Waals surface area contributed by atoms with Gasteiger partial charge in [0.2, 0.25) is 0 Å². The second-order valence-electron chi connectivity index (χ2n) is 8.31. The van der Waals surface area contributed by atoms with E-state index in [1.807, 2.05) is 53.7 Å². The number of carbonyl (C=O) groups is 1. The number of nitrogens with zero attached hydrogens (tertiary/aromatic N) is 4. The summed E-state index contributed by atoms with van der Waals surface area (Å²) in [7, 11) is 0. The van der Waals surface area contributed by atoms with Gasteiger partial charge in [0.25, 0.3) is 5.91 Å². The van der Waals surface area contributed by atoms with Crippen molar-refractivity contribution < 1.29 is 4.79 Å². The van der Waals surface area contributed by atoms with Crippen molar-refractivity contribution in [2.45, 2.75) is 32.0 Å². The van der Waals surface area contributed by atoms with E-state index in [1.165, 1.54) is 5.56 Å². The van der Waals surface area contributed by atoms with Crippen LogP contribution in [0.2, 0.25) is 0 Å². The third-order valence-corrected chi connectivity index (χ3v) is 5.79. The molecule has 1 aromatic heterocycles. The molecule has 5 heteroatoms. The Labute approximate surface area is 161 Å². The summed E-state index contributed by atoms with van der Waals surface area (Å²) in [6, 6.07) is 14.2. The summed E-state index contributed by atoms with van der Waals surface area (Å²) >= 11 is 0. The maximum Gasteiger partial charge on any atom is 0.253 e. The van der Waals surface area contributed by atoms with Gasteiger partial charge >= 0.3 is 0 Å². The first kappa shape index (κ1) is 18.1. The minimum absolute atomic E-state index is 0.00620. The van der Waals surface area contributed by atoms with Gasteiger partial charge in [-0.3, -0.25) is 19.6 Å². The van der Waals surface area contributed by atoms with Crippen LogP contribution in [0.25, 0.3) is 0 Å². The van der Waals surface area contributed by atoms with Crippen molar-refractivity contribution in [1.29, 1.82) is 0 Å². The van der Waals surface area contributed by atoms with Gasteiger partial charge in [0.05, 0.1) is 0 Å². The summed E-state index contributed by atoms with van der Waals surface area (Å²) in [5, 5.41) is 0. The Kier molecular flexibility index (Phi) is 4.98. The molecule has 0 saturated carbocycles. The largest absolute Gasteiger partial charge is 0.335 e. The summed E-state index contributed by atoms with van der Waals surface area (Å²) < 4.78 is 0. The number of piperazine rings is 2. The van der Waals surface area contributed by atoms with E-state index in [0.29, 0.717) is 6.04 Å². The Morgan fingerprint density at radius 2 is 1.93 bits per heavy atom. The normalized spacial score (nSPS) is 23.0. The van der Waals surface area contributed by atoms with Crippen molar-refractivity contribution >= 4 is 5.91 Å². The molecule has 0 bridgehead atoms. The van der Waals surface area contributed by atoms with Crippen LogP contribution >= 0.6 is 0 Å². The van der Waals surface area contributed by atoms with Crippen molar-refractivity contribution in [3.05, 3.63) is 66.0 Å². The fourth-order valence-electron chi connectivity index (χ4n) is 4.56. The van der Waals surface area contributed by atoms with Gasteiger partial charge in [-0.2, -0.15) is 0 Å². The molecule has 142 valence electrons. The zero-order valence-electron chi connectivity index (χ0n) is 16.2. The quantitative estimate of drug-likeness (QED) is 0.839. The molecule has 2 aromatic rings. The van der Waals surface area contributed by atoms with Gasteiger partial charge in [-0.1, -0.05) is 24.3 Å². The SMILES string of the molecule is CC1(C)CN(C(=O)c2ccccc2)CC2CN(Cc3cccnc3)CCN21. The Morgan fingerprint density at radius 3 is 2.67 bits per heavy atom. The van der Waals surface area contributed by atoms with Crippen molar-refractivity contribution in [3.8, 4) is 0 Å². The van der Waals surface area contributed by atoms with Crippen LogP contribution in [-0.2, 0) is 6.54 Å². The third-order valence-electron chi connectivity index (χ3n) is 5.79. The van der Waals surface area contributed by atoms with Gasteiger partial charge in [-0.05, 0) is 37.6 Å². The minimum Gasteiger partial charge on any atom is -0.335 e. The Morgan fingerprint density at radius 1 is 1.11 bits per heavy atom. The van der Waals surface area contributed by atoms with E-state index in [4.69, 9.17) is 0 Å². The molecule has 0 spiro atoms. The molecule has 5 nitrogen and oxygen atoms in total. The number of hydrogen-bond donors (Lipinski definition) is 0. The molecule has 0 aliphatic carbocycles. The van der Waals surface area contributed by atoms with Gasteiger partial charge in [-0.25, -0.2) is 0 Å². The zero-order chi connectivity index (χ0) is 18.9. The van der Waals surface area contributed by atoms with E-state index in [-0.39, 0.29) is 11.4 Å². The number of hydrogen-bond acceptors (Lipinski definition) is 4. The molecule has 0 radical (unpaired) electrons. The first-order valence-electron chi connectivity index (χ1n) is 9.75. The van der Waals surface area contributed by atoms with Crippen molar-refractivity contribution in [2.75, 3.05) is 32.7 Å². The maximum absolute atomic E-state index is 13.0. The van der Waals surface area contributed by atoms with Crippen LogP contribution in [0.4, 0.5) is 0 Å². The standard InChI is InChI=1S/C22H28N4O/c1-22(2)17-25(21(27)19-8-4-3-5-9-19)16-20-15-24(11-12-26(20)22)14-18-7-6-10-23-13-18/h3-10,13,20H,11-12,14-17H2,1-2H3. The molecule has 1 unspecified atom stereocenters. The monoisotopic (exact) mass is 364 g/mol. The Balaban J connectivity index is 1.48. The van der Waals surface area contributed by atoms with Crippen molar-refractivity contribution in [3.63, 3.8) is 0 Å². The Hall–Kier alpha value is -2.24. The molecule has 2 aliphatic rings. The molecule has 2 saturated heterocycles. The number of carbonyl (C=O) groups excluding carboxylic acids is 1. The van der Waals surface area contributed by atoms with E-state index >= 15 is 0 Å². The van der Waals surface area contributed by atoms with Gasteiger partial charge in [-0.15, -0.1) is 0 Å². The minimum atomic E-state index is -0.00620. The van der Waals surface area contributed by atoms with Gasteiger partial charge < -0.3 is 4.90 Å². The molecule has 2 fully saturated rings. The van der Waals surface area contributed by atoms with Gasteiger partial charge in [0.1, 0.15) is 0 Å². The smallest absolute Gasteiger partial charge is 0.253 e. The fraction of sp³-hybridized carbons (Fsp3) is 0.455. The number of amides is 1. The molecule has 1 amide bonds. The predicted octanol–water partition coefficient (Wildman–Crippen LogP) is 2.50. The van der Waals surface area contributed by atoms with E-state index in [9.17, 15) is 4.79 Å². The van der Waals surface area contributed by atoms with Crippen LogP contribution in [0.5, 0.6) is 0 Å². The average Bonchev–Trinajstić information content (AvgIpc) is 2.68. The highest BCUT2D eigenvalue weighted by Crippen LogP contribution is 2.29. The second kappa shape index (κ2) is 7.41. The van der Waals surface area contributed by atoms with E-state index < -0.39 is 0 Å². The average molecular weight is 364 g/mol. The molecule has 2 aliphatic heterocycles. The molecule has 1 atom stereocenters. The van der Waals surface area contributed by atoms with Crippen LogP contribution in [0.1, 0.15) is 29.8 Å². The lowest BCUT2D eigenvalue weighted by molar-refractivity contribution is -0.0577. The summed E-state index contributed by atoms with van der Waals surface area (Å²) in [6.07, 6.45) is 3.76. The molecule has 3 heterocycles. The summed E-state index contributed by atoms with van der Waals surface area (Å²) in [5.41, 5.74) is 2.02. The topological polar surface area (TPSA) is 39.7 Å². The number of fused-ring (bicyclic) bond motifs is 1. The maximum atomic E-state index is 13.0. The Bertz CT molecular complexity index is 777. The fourth-order valence-corrected chi connectivity index (χ4v) is 4.56. The third kappa shape index (κ3) is 3.89. The summed E-state index contributed by atoms with van der Waals surface area (Å²) in [4.78, 5) is 24.4. The van der Waals surface area contributed by atoms with Crippen LogP contribution in [0.3, 0.4) is 0 Å². The first-order chi connectivity index (χ1) is 13.0. The predicted molar refractivity (Wildman–Crippen MR) is 106 cm³/mol. The highest BCUT2D eigenvalue weighted by Gasteiger charge is 2.43. The highest BCUT2D eigenvalue weighted by molar-refractivity contribution is 5.94. The van der Waals surface area contributed by atoms with Crippen molar-refractivity contribution in [1.82, 2.24) is 19.7 Å². The van der Waals surface area contributed by atoms with Crippen molar-refractivity contribution in [2.24, 2.45) is 0 Å². The lowest BCUT2D eigenvalue weighted by Crippen LogP contribution is -2.70. The van der Waals surface area contributed by atoms with E-state index in [2.05, 4.69) is 34.7 Å². The zero-order valence-corrected chi connectivity index (χ0v) is 16.2. The first-order valence-corrected chi connectivity index (χ1v) is 9.75. The van der Waals surface area contributed by atoms with Crippen LogP contribution in [0.15, 0.2) is 54.9 Å². The van der Waals surface area contributed by atoms with Crippen LogP contribution in [-0.4, -0.2) is 69.9 Å². The molecular weight excluding hydrogens is 336 g/mol. The number of benzene rings is 1. The molecule has 0 N–H and O–H groups in total. The summed E-state index contributed by atoms with van der Waals surface area (Å²) in [5.74, 6) is 0.146. The van der Waals surface area contributed by atoms with E-state index in [0.717, 1.165) is 44.8 Å². The molecular formula is C22H28N4O. The van der Waals surface area contributed by atoms with Crippen LogP contribution in [0, 0.1) is 0 Å².